The van der Waals surface area contributed by atoms with Gasteiger partial charge in [0.25, 0.3) is 5.69 Å². The molecule has 5 rings (SSSR count). The minimum atomic E-state index is -0.396. The molecule has 2 bridgehead atoms. The van der Waals surface area contributed by atoms with E-state index in [0.717, 1.165) is 37.2 Å². The van der Waals surface area contributed by atoms with Gasteiger partial charge in [-0.15, -0.1) is 0 Å². The zero-order valence-corrected chi connectivity index (χ0v) is 13.6. The number of nitrogens with zero attached hydrogens (tertiary/aromatic N) is 3. The monoisotopic (exact) mass is 329 g/mol. The predicted octanol–water partition coefficient (Wildman–Crippen LogP) is 0.921. The molecule has 1 amide bonds. The number of nitro groups is 1. The highest BCUT2D eigenvalue weighted by atomic mass is 16.6. The number of quaternary nitrogens is 1. The Labute approximate surface area is 140 Å². The molecule has 3 fully saturated rings. The maximum Gasteiger partial charge on any atom is 0.269 e. The third-order valence-electron chi connectivity index (χ3n) is 5.61. The average molecular weight is 329 g/mol. The van der Waals surface area contributed by atoms with Crippen LogP contribution in [0, 0.1) is 16.0 Å². The van der Waals surface area contributed by atoms with E-state index in [4.69, 9.17) is 5.10 Å². The summed E-state index contributed by atoms with van der Waals surface area (Å²) >= 11 is 0. The van der Waals surface area contributed by atoms with Crippen LogP contribution in [0.1, 0.15) is 37.8 Å². The summed E-state index contributed by atoms with van der Waals surface area (Å²) in [6.45, 7) is 4.08. The average Bonchev–Trinajstić information content (AvgIpc) is 3.04. The van der Waals surface area contributed by atoms with E-state index in [1.54, 1.807) is 17.1 Å². The highest BCUT2D eigenvalue weighted by Crippen LogP contribution is 2.37. The van der Waals surface area contributed by atoms with E-state index in [0.29, 0.717) is 12.3 Å². The van der Waals surface area contributed by atoms with Gasteiger partial charge < -0.3 is 4.90 Å². The highest BCUT2D eigenvalue weighted by molar-refractivity contribution is 5.96. The molecule has 2 atom stereocenters. The molecular weight excluding hydrogens is 308 g/mol. The molecule has 4 heterocycles. The largest absolute Gasteiger partial charge is 0.326 e. The number of nitro benzene ring substituents is 1. The first kappa shape index (κ1) is 15.3. The fourth-order valence-corrected chi connectivity index (χ4v) is 4.41. The molecule has 1 aromatic carbocycles. The number of carbonyl (C=O) groups is 1. The zero-order chi connectivity index (χ0) is 16.8. The van der Waals surface area contributed by atoms with E-state index in [9.17, 15) is 14.9 Å². The Kier molecular flexibility index (Phi) is 3.60. The molecule has 7 heteroatoms. The summed E-state index contributed by atoms with van der Waals surface area (Å²) in [5.41, 5.74) is 2.17. The molecule has 24 heavy (non-hydrogen) atoms. The van der Waals surface area contributed by atoms with Gasteiger partial charge in [0.15, 0.2) is 6.04 Å². The van der Waals surface area contributed by atoms with Crippen molar-refractivity contribution in [1.29, 1.82) is 0 Å². The number of carbonyl (C=O) groups excluding carboxylic acids is 1. The van der Waals surface area contributed by atoms with Gasteiger partial charge >= 0.3 is 0 Å². The Morgan fingerprint density at radius 3 is 2.58 bits per heavy atom. The van der Waals surface area contributed by atoms with Gasteiger partial charge in [0.2, 0.25) is 5.91 Å². The summed E-state index contributed by atoms with van der Waals surface area (Å²) in [4.78, 5) is 24.4. The number of amides is 1. The molecule has 126 valence electrons. The molecule has 0 aliphatic carbocycles. The number of rotatable bonds is 3. The van der Waals surface area contributed by atoms with E-state index in [1.165, 1.54) is 17.0 Å². The number of piperidine rings is 3. The van der Waals surface area contributed by atoms with E-state index in [-0.39, 0.29) is 23.7 Å². The Morgan fingerprint density at radius 2 is 2.00 bits per heavy atom. The summed E-state index contributed by atoms with van der Waals surface area (Å²) in [6.07, 6.45) is 2.70. The lowest BCUT2D eigenvalue weighted by Gasteiger charge is -2.42. The van der Waals surface area contributed by atoms with Crippen LogP contribution in [0.25, 0.3) is 0 Å². The quantitative estimate of drug-likeness (QED) is 0.661. The number of benzene rings is 1. The molecule has 4 aliphatic heterocycles. The third kappa shape index (κ3) is 2.23. The first-order valence-electron chi connectivity index (χ1n) is 8.59. The van der Waals surface area contributed by atoms with Crippen LogP contribution in [0.3, 0.4) is 0 Å². The van der Waals surface area contributed by atoms with Crippen molar-refractivity contribution in [2.75, 3.05) is 13.1 Å². The van der Waals surface area contributed by atoms with E-state index in [2.05, 4.69) is 0 Å². The van der Waals surface area contributed by atoms with Gasteiger partial charge in [-0.2, -0.15) is 5.10 Å². The van der Waals surface area contributed by atoms with Crippen molar-refractivity contribution in [3.63, 3.8) is 0 Å². The Hall–Kier alpha value is -2.28. The van der Waals surface area contributed by atoms with Gasteiger partial charge in [-0.25, -0.2) is 5.01 Å². The molecule has 0 spiro atoms. The number of non-ortho nitro benzene ring substituents is 1. The van der Waals surface area contributed by atoms with Gasteiger partial charge in [-0.05, 0) is 17.7 Å². The van der Waals surface area contributed by atoms with Crippen molar-refractivity contribution in [3.8, 4) is 0 Å². The fraction of sp³-hybridized carbons (Fsp3) is 0.529. The van der Waals surface area contributed by atoms with Gasteiger partial charge in [0.1, 0.15) is 11.8 Å². The molecule has 0 aromatic heterocycles. The summed E-state index contributed by atoms with van der Waals surface area (Å²) in [7, 11) is 0. The van der Waals surface area contributed by atoms with Crippen molar-refractivity contribution in [1.82, 2.24) is 5.01 Å². The number of hydrogen-bond acceptors (Lipinski definition) is 4. The third-order valence-corrected chi connectivity index (χ3v) is 5.61. The molecule has 7 nitrogen and oxygen atoms in total. The summed E-state index contributed by atoms with van der Waals surface area (Å²) in [6, 6.07) is 6.67. The molecule has 1 aromatic rings. The minimum absolute atomic E-state index is 0.0141. The van der Waals surface area contributed by atoms with Crippen LogP contribution < -0.4 is 4.90 Å². The van der Waals surface area contributed by atoms with Gasteiger partial charge in [-0.1, -0.05) is 6.92 Å². The smallest absolute Gasteiger partial charge is 0.269 e. The summed E-state index contributed by atoms with van der Waals surface area (Å²) in [5, 5.41) is 17.3. The SMILES string of the molecule is CCC(=O)N1N=C2C3CC[NH+](CC3)[C@H]2[C@H]1c1ccc([N+](=O)[O-])cc1. The zero-order valence-electron chi connectivity index (χ0n) is 13.6. The molecule has 0 saturated carbocycles. The van der Waals surface area contributed by atoms with Crippen molar-refractivity contribution in [2.24, 2.45) is 11.0 Å². The van der Waals surface area contributed by atoms with Crippen LogP contribution in [0.15, 0.2) is 29.4 Å². The van der Waals surface area contributed by atoms with Crippen LogP contribution in [0.5, 0.6) is 0 Å². The fourth-order valence-electron chi connectivity index (χ4n) is 4.41. The first-order chi connectivity index (χ1) is 11.6. The molecule has 1 N–H and O–H groups in total. The van der Waals surface area contributed by atoms with E-state index >= 15 is 0 Å². The maximum atomic E-state index is 12.5. The predicted molar refractivity (Wildman–Crippen MR) is 87.6 cm³/mol. The van der Waals surface area contributed by atoms with E-state index in [1.807, 2.05) is 6.92 Å². The van der Waals surface area contributed by atoms with Crippen LogP contribution >= 0.6 is 0 Å². The van der Waals surface area contributed by atoms with Crippen LogP contribution in [0.4, 0.5) is 5.69 Å². The van der Waals surface area contributed by atoms with Gasteiger partial charge in [0, 0.05) is 37.3 Å². The Balaban J connectivity index is 1.73. The Morgan fingerprint density at radius 1 is 1.33 bits per heavy atom. The molecular formula is C17H21N4O3+. The minimum Gasteiger partial charge on any atom is -0.326 e. The number of fused-ring (bicyclic) bond motifs is 2. The number of nitrogens with one attached hydrogen (secondary N) is 1. The lowest BCUT2D eigenvalue weighted by molar-refractivity contribution is -0.927. The first-order valence-corrected chi connectivity index (χ1v) is 8.59. The second-order valence-corrected chi connectivity index (χ2v) is 6.82. The van der Waals surface area contributed by atoms with Crippen molar-refractivity contribution >= 4 is 17.3 Å². The standard InChI is InChI=1S/C17H20N4O3/c1-2-14(22)20-16(12-3-5-13(6-4-12)21(23)24)17-15(18-20)11-7-9-19(17)10-8-11/h3-6,11,16-17H,2,7-10H2,1H3/p+1/t16-,17-/m1/s1. The van der Waals surface area contributed by atoms with Crippen LogP contribution in [-0.4, -0.2) is 40.7 Å². The normalized spacial score (nSPS) is 30.9. The van der Waals surface area contributed by atoms with Crippen molar-refractivity contribution < 1.29 is 14.6 Å². The summed E-state index contributed by atoms with van der Waals surface area (Å²) < 4.78 is 0. The lowest BCUT2D eigenvalue weighted by Crippen LogP contribution is -3.20. The van der Waals surface area contributed by atoms with Crippen molar-refractivity contribution in [3.05, 3.63) is 39.9 Å². The van der Waals surface area contributed by atoms with E-state index < -0.39 is 4.92 Å². The summed E-state index contributed by atoms with van der Waals surface area (Å²) in [5.74, 6) is 0.503. The molecule has 3 saturated heterocycles. The second kappa shape index (κ2) is 5.66. The van der Waals surface area contributed by atoms with Crippen molar-refractivity contribution in [2.45, 2.75) is 38.3 Å². The topological polar surface area (TPSA) is 80.2 Å². The van der Waals surface area contributed by atoms with Gasteiger partial charge in [-0.3, -0.25) is 14.9 Å². The maximum absolute atomic E-state index is 12.5. The molecule has 4 aliphatic rings. The highest BCUT2D eigenvalue weighted by Gasteiger charge is 2.54. The molecule has 0 radical (unpaired) electrons. The second-order valence-electron chi connectivity index (χ2n) is 6.82. The van der Waals surface area contributed by atoms with Crippen LogP contribution in [0.2, 0.25) is 0 Å². The number of hydrogen-bond donors (Lipinski definition) is 1. The number of hydrazone groups is 1. The molecule has 0 unspecified atom stereocenters. The van der Waals surface area contributed by atoms with Crippen LogP contribution in [-0.2, 0) is 4.79 Å². The lowest BCUT2D eigenvalue weighted by atomic mass is 9.78. The Bertz CT molecular complexity index is 707. The van der Waals surface area contributed by atoms with Gasteiger partial charge in [0.05, 0.1) is 18.0 Å².